The van der Waals surface area contributed by atoms with Crippen LogP contribution in [0.1, 0.15) is 18.4 Å². The predicted molar refractivity (Wildman–Crippen MR) is 99.9 cm³/mol. The number of nitrogens with zero attached hydrogens (tertiary/aromatic N) is 2. The van der Waals surface area contributed by atoms with E-state index in [4.69, 9.17) is 4.74 Å². The molecule has 0 spiro atoms. The molecule has 138 valence electrons. The van der Waals surface area contributed by atoms with Gasteiger partial charge >= 0.3 is 0 Å². The van der Waals surface area contributed by atoms with Crippen LogP contribution < -0.4 is 10.1 Å². The van der Waals surface area contributed by atoms with Gasteiger partial charge in [-0.15, -0.1) is 0 Å². The van der Waals surface area contributed by atoms with Gasteiger partial charge in [-0.05, 0) is 29.8 Å². The van der Waals surface area contributed by atoms with Crippen molar-refractivity contribution >= 4 is 5.96 Å². The number of aromatic hydroxyl groups is 1. The molecular formula is C20H24FN3O2. The Hall–Kier alpha value is -2.76. The largest absolute Gasteiger partial charge is 0.505 e. The summed E-state index contributed by atoms with van der Waals surface area (Å²) in [5.41, 5.74) is 0.753. The average molecular weight is 357 g/mol. The highest BCUT2D eigenvalue weighted by Crippen LogP contribution is 2.19. The zero-order chi connectivity index (χ0) is 18.4. The Bertz CT molecular complexity index is 744. The number of ether oxygens (including phenoxy) is 1. The van der Waals surface area contributed by atoms with Crippen molar-refractivity contribution in [3.63, 3.8) is 0 Å². The highest BCUT2D eigenvalue weighted by molar-refractivity contribution is 5.80. The van der Waals surface area contributed by atoms with Crippen LogP contribution in [0.25, 0.3) is 0 Å². The normalized spacial score (nSPS) is 15.8. The summed E-state index contributed by atoms with van der Waals surface area (Å²) < 4.78 is 19.4. The molecule has 2 aromatic carbocycles. The maximum absolute atomic E-state index is 13.4. The quantitative estimate of drug-likeness (QED) is 0.652. The van der Waals surface area contributed by atoms with Crippen LogP contribution in [0, 0.1) is 5.82 Å². The van der Waals surface area contributed by atoms with Crippen LogP contribution >= 0.6 is 0 Å². The number of hydrogen-bond acceptors (Lipinski definition) is 3. The molecule has 0 atom stereocenters. The second-order valence-electron chi connectivity index (χ2n) is 6.30. The van der Waals surface area contributed by atoms with Crippen LogP contribution in [0.15, 0.2) is 53.5 Å². The van der Waals surface area contributed by atoms with Gasteiger partial charge in [0, 0.05) is 39.5 Å². The van der Waals surface area contributed by atoms with Crippen LogP contribution in [-0.4, -0.2) is 42.2 Å². The predicted octanol–water partition coefficient (Wildman–Crippen LogP) is 3.15. The molecule has 2 N–H and O–H groups in total. The number of phenols is 1. The van der Waals surface area contributed by atoms with Crippen molar-refractivity contribution in [3.05, 3.63) is 59.9 Å². The molecule has 1 heterocycles. The van der Waals surface area contributed by atoms with E-state index in [2.05, 4.69) is 15.2 Å². The minimum Gasteiger partial charge on any atom is -0.505 e. The van der Waals surface area contributed by atoms with Crippen LogP contribution in [0.4, 0.5) is 4.39 Å². The molecule has 0 aromatic heterocycles. The Morgan fingerprint density at radius 2 is 1.96 bits per heavy atom. The van der Waals surface area contributed by atoms with E-state index in [1.807, 2.05) is 30.3 Å². The molecule has 1 aliphatic heterocycles. The maximum atomic E-state index is 13.4. The number of aliphatic imine (C=N–C) groups is 1. The summed E-state index contributed by atoms with van der Waals surface area (Å²) in [7, 11) is 1.74. The molecule has 0 bridgehead atoms. The molecule has 0 radical (unpaired) electrons. The minimum atomic E-state index is -0.613. The third-order valence-electron chi connectivity index (χ3n) is 4.46. The summed E-state index contributed by atoms with van der Waals surface area (Å²) >= 11 is 0. The average Bonchev–Trinajstić information content (AvgIpc) is 2.67. The number of hydrogen-bond donors (Lipinski definition) is 2. The molecule has 0 saturated carbocycles. The van der Waals surface area contributed by atoms with E-state index in [1.165, 1.54) is 12.1 Å². The van der Waals surface area contributed by atoms with Crippen LogP contribution in [0.5, 0.6) is 11.5 Å². The van der Waals surface area contributed by atoms with E-state index < -0.39 is 5.82 Å². The number of halogens is 1. The summed E-state index contributed by atoms with van der Waals surface area (Å²) in [5.74, 6) is 0.747. The van der Waals surface area contributed by atoms with E-state index >= 15 is 0 Å². The van der Waals surface area contributed by atoms with E-state index in [-0.39, 0.29) is 11.9 Å². The third-order valence-corrected chi connectivity index (χ3v) is 4.46. The van der Waals surface area contributed by atoms with Gasteiger partial charge in [0.2, 0.25) is 0 Å². The first-order valence-electron chi connectivity index (χ1n) is 8.80. The number of phenolic OH excluding ortho intramolecular Hbond substituents is 1. The van der Waals surface area contributed by atoms with Gasteiger partial charge in [-0.25, -0.2) is 4.39 Å². The first-order chi connectivity index (χ1) is 12.7. The Morgan fingerprint density at radius 3 is 2.62 bits per heavy atom. The van der Waals surface area contributed by atoms with Crippen molar-refractivity contribution in [1.82, 2.24) is 10.2 Å². The SMILES string of the molecule is CN=C(NCc1ccc(O)c(F)c1)N1CCC(Oc2ccccc2)CC1. The first kappa shape index (κ1) is 18.0. The lowest BCUT2D eigenvalue weighted by Crippen LogP contribution is -2.47. The molecule has 1 saturated heterocycles. The third kappa shape index (κ3) is 4.65. The highest BCUT2D eigenvalue weighted by Gasteiger charge is 2.22. The van der Waals surface area contributed by atoms with Crippen molar-refractivity contribution in [2.75, 3.05) is 20.1 Å². The zero-order valence-electron chi connectivity index (χ0n) is 14.9. The highest BCUT2D eigenvalue weighted by atomic mass is 19.1. The van der Waals surface area contributed by atoms with Crippen LogP contribution in [0.3, 0.4) is 0 Å². The zero-order valence-corrected chi connectivity index (χ0v) is 14.9. The lowest BCUT2D eigenvalue weighted by molar-refractivity contribution is 0.129. The summed E-state index contributed by atoms with van der Waals surface area (Å²) in [4.78, 5) is 6.51. The molecule has 2 aromatic rings. The van der Waals surface area contributed by atoms with Crippen LogP contribution in [0.2, 0.25) is 0 Å². The fourth-order valence-electron chi connectivity index (χ4n) is 3.05. The second-order valence-corrected chi connectivity index (χ2v) is 6.30. The number of likely N-dealkylation sites (tertiary alicyclic amines) is 1. The summed E-state index contributed by atoms with van der Waals surface area (Å²) in [6.45, 7) is 2.15. The van der Waals surface area contributed by atoms with E-state index in [0.29, 0.717) is 6.54 Å². The Balaban J connectivity index is 1.49. The molecule has 1 fully saturated rings. The lowest BCUT2D eigenvalue weighted by Gasteiger charge is -2.34. The molecule has 1 aliphatic rings. The summed E-state index contributed by atoms with van der Waals surface area (Å²) in [6, 6.07) is 14.3. The molecule has 3 rings (SSSR count). The molecule has 26 heavy (non-hydrogen) atoms. The van der Waals surface area contributed by atoms with Gasteiger partial charge in [0.1, 0.15) is 11.9 Å². The monoisotopic (exact) mass is 357 g/mol. The Morgan fingerprint density at radius 1 is 1.23 bits per heavy atom. The maximum Gasteiger partial charge on any atom is 0.193 e. The van der Waals surface area contributed by atoms with Gasteiger partial charge in [0.15, 0.2) is 17.5 Å². The van der Waals surface area contributed by atoms with Gasteiger partial charge < -0.3 is 20.1 Å². The van der Waals surface area contributed by atoms with Gasteiger partial charge in [0.05, 0.1) is 0 Å². The van der Waals surface area contributed by atoms with Gasteiger partial charge in [-0.3, -0.25) is 4.99 Å². The fourth-order valence-corrected chi connectivity index (χ4v) is 3.05. The molecule has 0 unspecified atom stereocenters. The van der Waals surface area contributed by atoms with E-state index in [1.54, 1.807) is 13.1 Å². The van der Waals surface area contributed by atoms with E-state index in [9.17, 15) is 9.50 Å². The van der Waals surface area contributed by atoms with Crippen molar-refractivity contribution in [1.29, 1.82) is 0 Å². The van der Waals surface area contributed by atoms with Gasteiger partial charge in [-0.1, -0.05) is 24.3 Å². The fraction of sp³-hybridized carbons (Fsp3) is 0.350. The standard InChI is InChI=1S/C20H24FN3O2/c1-22-20(23-14-15-7-8-19(25)18(21)13-15)24-11-9-17(10-12-24)26-16-5-3-2-4-6-16/h2-8,13,17,25H,9-12,14H2,1H3,(H,22,23). The second kappa shape index (κ2) is 8.56. The number of benzene rings is 2. The minimum absolute atomic E-state index is 0.206. The molecular weight excluding hydrogens is 333 g/mol. The lowest BCUT2D eigenvalue weighted by atomic mass is 10.1. The topological polar surface area (TPSA) is 57.1 Å². The Labute approximate surface area is 153 Å². The molecule has 6 heteroatoms. The van der Waals surface area contributed by atoms with Crippen molar-refractivity contribution in [3.8, 4) is 11.5 Å². The first-order valence-corrected chi connectivity index (χ1v) is 8.80. The molecule has 0 amide bonds. The number of nitrogens with one attached hydrogen (secondary N) is 1. The number of guanidine groups is 1. The van der Waals surface area contributed by atoms with Crippen molar-refractivity contribution < 1.29 is 14.2 Å². The van der Waals surface area contributed by atoms with Crippen molar-refractivity contribution in [2.24, 2.45) is 4.99 Å². The number of para-hydroxylation sites is 1. The van der Waals surface area contributed by atoms with E-state index in [0.717, 1.165) is 43.2 Å². The number of rotatable bonds is 4. The van der Waals surface area contributed by atoms with Gasteiger partial charge in [0.25, 0.3) is 0 Å². The molecule has 5 nitrogen and oxygen atoms in total. The summed E-state index contributed by atoms with van der Waals surface area (Å²) in [5, 5.41) is 12.5. The molecule has 0 aliphatic carbocycles. The van der Waals surface area contributed by atoms with Crippen LogP contribution in [-0.2, 0) is 6.54 Å². The van der Waals surface area contributed by atoms with Crippen molar-refractivity contribution in [2.45, 2.75) is 25.5 Å². The Kier molecular flexibility index (Phi) is 5.94. The summed E-state index contributed by atoms with van der Waals surface area (Å²) in [6.07, 6.45) is 2.05. The smallest absolute Gasteiger partial charge is 0.193 e. The van der Waals surface area contributed by atoms with Gasteiger partial charge in [-0.2, -0.15) is 0 Å². The number of piperidine rings is 1.